The third-order valence-electron chi connectivity index (χ3n) is 3.20. The predicted molar refractivity (Wildman–Crippen MR) is 70.6 cm³/mol. The van der Waals surface area contributed by atoms with E-state index in [0.717, 1.165) is 12.8 Å². The Labute approximate surface area is 125 Å². The highest BCUT2D eigenvalue weighted by atomic mass is 19.4. The SMILES string of the molecule is CCCCOC(=O)N1CC(n2cc(OCC(F)(F)F)cn2)C1. The summed E-state index contributed by atoms with van der Waals surface area (Å²) in [5.41, 5.74) is 0. The van der Waals surface area contributed by atoms with Crippen LogP contribution in [0.2, 0.25) is 0 Å². The largest absolute Gasteiger partial charge is 0.481 e. The highest BCUT2D eigenvalue weighted by Crippen LogP contribution is 2.24. The van der Waals surface area contributed by atoms with Gasteiger partial charge < -0.3 is 14.4 Å². The quantitative estimate of drug-likeness (QED) is 0.756. The summed E-state index contributed by atoms with van der Waals surface area (Å²) >= 11 is 0. The third-order valence-corrected chi connectivity index (χ3v) is 3.20. The van der Waals surface area contributed by atoms with Crippen LogP contribution in [0.15, 0.2) is 12.4 Å². The number of amides is 1. The molecule has 0 aromatic carbocycles. The van der Waals surface area contributed by atoms with E-state index in [2.05, 4.69) is 9.84 Å². The third kappa shape index (κ3) is 4.54. The molecule has 0 unspecified atom stereocenters. The van der Waals surface area contributed by atoms with Crippen molar-refractivity contribution in [3.8, 4) is 5.75 Å². The van der Waals surface area contributed by atoms with Gasteiger partial charge in [0.1, 0.15) is 0 Å². The maximum Gasteiger partial charge on any atom is 0.422 e. The molecule has 1 aromatic heterocycles. The molecule has 124 valence electrons. The zero-order valence-electron chi connectivity index (χ0n) is 12.2. The maximum absolute atomic E-state index is 12.0. The van der Waals surface area contributed by atoms with E-state index in [1.165, 1.54) is 22.0 Å². The number of halogens is 3. The minimum atomic E-state index is -4.38. The van der Waals surface area contributed by atoms with Crippen molar-refractivity contribution in [2.45, 2.75) is 32.0 Å². The summed E-state index contributed by atoms with van der Waals surface area (Å²) in [4.78, 5) is 13.1. The average molecular weight is 321 g/mol. The van der Waals surface area contributed by atoms with Gasteiger partial charge >= 0.3 is 12.3 Å². The number of likely N-dealkylation sites (tertiary alicyclic amines) is 1. The minimum absolute atomic E-state index is 0.0568. The molecule has 1 amide bonds. The van der Waals surface area contributed by atoms with Crippen LogP contribution >= 0.6 is 0 Å². The Hall–Kier alpha value is -1.93. The molecule has 1 fully saturated rings. The second-order valence-electron chi connectivity index (χ2n) is 5.09. The van der Waals surface area contributed by atoms with E-state index in [4.69, 9.17) is 4.74 Å². The van der Waals surface area contributed by atoms with Crippen LogP contribution in [0, 0.1) is 0 Å². The zero-order chi connectivity index (χ0) is 16.2. The van der Waals surface area contributed by atoms with E-state index in [0.29, 0.717) is 19.7 Å². The van der Waals surface area contributed by atoms with Crippen molar-refractivity contribution in [1.29, 1.82) is 0 Å². The summed E-state index contributed by atoms with van der Waals surface area (Å²) in [6.07, 6.45) is -0.348. The molecule has 2 rings (SSSR count). The van der Waals surface area contributed by atoms with Gasteiger partial charge in [0.05, 0.1) is 25.0 Å². The Bertz CT molecular complexity index is 498. The molecular weight excluding hydrogens is 303 g/mol. The molecular formula is C13H18F3N3O3. The fraction of sp³-hybridized carbons (Fsp3) is 0.692. The number of hydrogen-bond acceptors (Lipinski definition) is 4. The molecule has 9 heteroatoms. The van der Waals surface area contributed by atoms with Crippen molar-refractivity contribution in [2.75, 3.05) is 26.3 Å². The van der Waals surface area contributed by atoms with Gasteiger partial charge in [0.25, 0.3) is 0 Å². The molecule has 0 spiro atoms. The Morgan fingerprint density at radius 3 is 2.82 bits per heavy atom. The van der Waals surface area contributed by atoms with Crippen LogP contribution in [-0.4, -0.2) is 53.3 Å². The average Bonchev–Trinajstić information content (AvgIpc) is 2.83. The molecule has 0 radical (unpaired) electrons. The highest BCUT2D eigenvalue weighted by Gasteiger charge is 2.34. The molecule has 2 heterocycles. The summed E-state index contributed by atoms with van der Waals surface area (Å²) in [5.74, 6) is 0.0568. The normalized spacial score (nSPS) is 15.5. The molecule has 6 nitrogen and oxygen atoms in total. The number of carbonyl (C=O) groups is 1. The van der Waals surface area contributed by atoms with Crippen molar-refractivity contribution in [3.63, 3.8) is 0 Å². The number of hydrogen-bond donors (Lipinski definition) is 0. The van der Waals surface area contributed by atoms with E-state index < -0.39 is 12.8 Å². The molecule has 0 saturated carbocycles. The Morgan fingerprint density at radius 2 is 2.18 bits per heavy atom. The minimum Gasteiger partial charge on any atom is -0.481 e. The predicted octanol–water partition coefficient (Wildman–Crippen LogP) is 2.62. The van der Waals surface area contributed by atoms with E-state index in [1.807, 2.05) is 6.92 Å². The number of ether oxygens (including phenoxy) is 2. The van der Waals surface area contributed by atoms with E-state index >= 15 is 0 Å². The first-order valence-corrected chi connectivity index (χ1v) is 7.04. The summed E-state index contributed by atoms with van der Waals surface area (Å²) in [6, 6.07) is -0.0676. The first-order chi connectivity index (χ1) is 10.4. The molecule has 0 bridgehead atoms. The lowest BCUT2D eigenvalue weighted by molar-refractivity contribution is -0.153. The van der Waals surface area contributed by atoms with Crippen LogP contribution < -0.4 is 4.74 Å². The van der Waals surface area contributed by atoms with Crippen molar-refractivity contribution in [2.24, 2.45) is 0 Å². The van der Waals surface area contributed by atoms with E-state index in [-0.39, 0.29) is 17.9 Å². The van der Waals surface area contributed by atoms with Crippen LogP contribution in [0.25, 0.3) is 0 Å². The molecule has 0 aliphatic carbocycles. The van der Waals surface area contributed by atoms with Gasteiger partial charge in [-0.05, 0) is 6.42 Å². The number of alkyl halides is 3. The summed E-state index contributed by atoms with van der Waals surface area (Å²) in [7, 11) is 0. The van der Waals surface area contributed by atoms with Crippen LogP contribution in [-0.2, 0) is 4.74 Å². The maximum atomic E-state index is 12.0. The summed E-state index contributed by atoms with van der Waals surface area (Å²) < 4.78 is 47.3. The molecule has 1 saturated heterocycles. The monoisotopic (exact) mass is 321 g/mol. The topological polar surface area (TPSA) is 56.6 Å². The molecule has 1 aromatic rings. The number of rotatable bonds is 6. The molecule has 1 aliphatic heterocycles. The number of nitrogens with zero attached hydrogens (tertiary/aromatic N) is 3. The van der Waals surface area contributed by atoms with Crippen molar-refractivity contribution >= 4 is 6.09 Å². The fourth-order valence-corrected chi connectivity index (χ4v) is 1.93. The Balaban J connectivity index is 1.74. The fourth-order valence-electron chi connectivity index (χ4n) is 1.93. The second-order valence-corrected chi connectivity index (χ2v) is 5.09. The number of unbranched alkanes of at least 4 members (excludes halogenated alkanes) is 1. The summed E-state index contributed by atoms with van der Waals surface area (Å²) in [5, 5.41) is 3.95. The van der Waals surface area contributed by atoms with Crippen molar-refractivity contribution in [1.82, 2.24) is 14.7 Å². The highest BCUT2D eigenvalue weighted by molar-refractivity contribution is 5.68. The number of aromatic nitrogens is 2. The van der Waals surface area contributed by atoms with Gasteiger partial charge in [-0.1, -0.05) is 13.3 Å². The standard InChI is InChI=1S/C13H18F3N3O3/c1-2-3-4-21-12(20)18-6-10(7-18)19-8-11(5-17-19)22-9-13(14,15)16/h5,8,10H,2-4,6-7,9H2,1H3. The second kappa shape index (κ2) is 6.89. The van der Waals surface area contributed by atoms with Crippen molar-refractivity contribution < 1.29 is 27.4 Å². The van der Waals surface area contributed by atoms with Crippen LogP contribution in [0.4, 0.5) is 18.0 Å². The van der Waals surface area contributed by atoms with Crippen molar-refractivity contribution in [3.05, 3.63) is 12.4 Å². The van der Waals surface area contributed by atoms with Gasteiger partial charge in [-0.25, -0.2) is 4.79 Å². The van der Waals surface area contributed by atoms with Crippen LogP contribution in [0.3, 0.4) is 0 Å². The number of carbonyl (C=O) groups excluding carboxylic acids is 1. The molecule has 22 heavy (non-hydrogen) atoms. The Morgan fingerprint density at radius 1 is 1.45 bits per heavy atom. The smallest absolute Gasteiger partial charge is 0.422 e. The summed E-state index contributed by atoms with van der Waals surface area (Å²) in [6.45, 7) is 1.90. The van der Waals surface area contributed by atoms with Crippen LogP contribution in [0.5, 0.6) is 5.75 Å². The van der Waals surface area contributed by atoms with Gasteiger partial charge in [0.15, 0.2) is 12.4 Å². The van der Waals surface area contributed by atoms with Gasteiger partial charge in [-0.15, -0.1) is 0 Å². The first-order valence-electron chi connectivity index (χ1n) is 7.04. The van der Waals surface area contributed by atoms with Crippen LogP contribution in [0.1, 0.15) is 25.8 Å². The first kappa shape index (κ1) is 16.4. The molecule has 0 N–H and O–H groups in total. The van der Waals surface area contributed by atoms with Gasteiger partial charge in [0.2, 0.25) is 0 Å². The molecule has 1 aliphatic rings. The van der Waals surface area contributed by atoms with Gasteiger partial charge in [0, 0.05) is 13.1 Å². The van der Waals surface area contributed by atoms with E-state index in [1.54, 1.807) is 0 Å². The lowest BCUT2D eigenvalue weighted by atomic mass is 10.1. The Kier molecular flexibility index (Phi) is 5.15. The zero-order valence-corrected chi connectivity index (χ0v) is 12.2. The lowest BCUT2D eigenvalue weighted by Crippen LogP contribution is -2.51. The molecule has 0 atom stereocenters. The van der Waals surface area contributed by atoms with Gasteiger partial charge in [-0.2, -0.15) is 18.3 Å². The lowest BCUT2D eigenvalue weighted by Gasteiger charge is -2.38. The van der Waals surface area contributed by atoms with Gasteiger partial charge in [-0.3, -0.25) is 4.68 Å². The van der Waals surface area contributed by atoms with E-state index in [9.17, 15) is 18.0 Å².